The third kappa shape index (κ3) is 2.76. The smallest absolute Gasteiger partial charge is 0.343 e. The first kappa shape index (κ1) is 12.1. The molecule has 0 fully saturated rings. The zero-order chi connectivity index (χ0) is 11.4. The molecule has 82 valence electrons. The van der Waals surface area contributed by atoms with Gasteiger partial charge in [-0.05, 0) is 19.1 Å². The first-order valence-electron chi connectivity index (χ1n) is 4.30. The van der Waals surface area contributed by atoms with Crippen LogP contribution in [0.3, 0.4) is 0 Å². The highest BCUT2D eigenvalue weighted by Gasteiger charge is 2.18. The number of benzene rings is 1. The normalized spacial score (nSPS) is 9.87. The van der Waals surface area contributed by atoms with Crippen molar-refractivity contribution in [2.75, 3.05) is 13.7 Å². The Morgan fingerprint density at radius 2 is 2.07 bits per heavy atom. The molecule has 0 atom stereocenters. The van der Waals surface area contributed by atoms with Crippen LogP contribution in [0.5, 0.6) is 5.75 Å². The fourth-order valence-corrected chi connectivity index (χ4v) is 1.66. The van der Waals surface area contributed by atoms with E-state index in [9.17, 15) is 4.79 Å². The van der Waals surface area contributed by atoms with Crippen LogP contribution >= 0.6 is 23.2 Å². The van der Waals surface area contributed by atoms with Crippen molar-refractivity contribution in [2.24, 2.45) is 0 Å². The maximum Gasteiger partial charge on any atom is 0.343 e. The fourth-order valence-electron chi connectivity index (χ4n) is 1.11. The lowest BCUT2D eigenvalue weighted by Crippen LogP contribution is -2.07. The van der Waals surface area contributed by atoms with Gasteiger partial charge in [-0.25, -0.2) is 4.79 Å². The summed E-state index contributed by atoms with van der Waals surface area (Å²) < 4.78 is 9.85. The van der Waals surface area contributed by atoms with E-state index in [2.05, 4.69) is 0 Å². The second-order valence-electron chi connectivity index (χ2n) is 2.69. The van der Waals surface area contributed by atoms with E-state index in [1.807, 2.05) is 0 Å². The first-order chi connectivity index (χ1) is 7.10. The monoisotopic (exact) mass is 248 g/mol. The highest BCUT2D eigenvalue weighted by atomic mass is 35.5. The molecule has 1 aromatic rings. The van der Waals surface area contributed by atoms with Crippen LogP contribution in [-0.2, 0) is 4.74 Å². The van der Waals surface area contributed by atoms with Crippen LogP contribution in [0.15, 0.2) is 12.1 Å². The molecular formula is C10H10Cl2O3. The SMILES string of the molecule is CCOC(=O)c1c(Cl)cc(Cl)cc1OC. The number of carbonyl (C=O) groups excluding carboxylic acids is 1. The molecule has 5 heteroatoms. The van der Waals surface area contributed by atoms with Crippen LogP contribution in [0.4, 0.5) is 0 Å². The molecule has 0 aliphatic rings. The summed E-state index contributed by atoms with van der Waals surface area (Å²) in [5, 5.41) is 0.627. The van der Waals surface area contributed by atoms with Gasteiger partial charge in [-0.2, -0.15) is 0 Å². The quantitative estimate of drug-likeness (QED) is 0.771. The molecular weight excluding hydrogens is 239 g/mol. The van der Waals surface area contributed by atoms with Crippen molar-refractivity contribution >= 4 is 29.2 Å². The summed E-state index contributed by atoms with van der Waals surface area (Å²) in [6.45, 7) is 2.00. The molecule has 0 bridgehead atoms. The second-order valence-corrected chi connectivity index (χ2v) is 3.53. The summed E-state index contributed by atoms with van der Waals surface area (Å²) in [4.78, 5) is 11.5. The summed E-state index contributed by atoms with van der Waals surface area (Å²) in [7, 11) is 1.44. The zero-order valence-electron chi connectivity index (χ0n) is 8.34. The molecule has 0 radical (unpaired) electrons. The molecule has 0 N–H and O–H groups in total. The molecule has 0 unspecified atom stereocenters. The number of esters is 1. The van der Waals surface area contributed by atoms with Gasteiger partial charge in [-0.15, -0.1) is 0 Å². The highest BCUT2D eigenvalue weighted by Crippen LogP contribution is 2.31. The molecule has 1 aromatic carbocycles. The van der Waals surface area contributed by atoms with Crippen molar-refractivity contribution in [2.45, 2.75) is 6.92 Å². The molecule has 1 rings (SSSR count). The molecule has 0 aromatic heterocycles. The van der Waals surface area contributed by atoms with Gasteiger partial charge in [0.15, 0.2) is 0 Å². The lowest BCUT2D eigenvalue weighted by atomic mass is 10.2. The van der Waals surface area contributed by atoms with Crippen molar-refractivity contribution in [1.29, 1.82) is 0 Å². The van der Waals surface area contributed by atoms with Crippen molar-refractivity contribution < 1.29 is 14.3 Å². The Morgan fingerprint density at radius 3 is 2.60 bits per heavy atom. The Morgan fingerprint density at radius 1 is 1.40 bits per heavy atom. The van der Waals surface area contributed by atoms with E-state index in [0.29, 0.717) is 10.8 Å². The molecule has 3 nitrogen and oxygen atoms in total. The van der Waals surface area contributed by atoms with Crippen LogP contribution in [0.2, 0.25) is 10.0 Å². The van der Waals surface area contributed by atoms with Gasteiger partial charge in [0.1, 0.15) is 11.3 Å². The Hall–Kier alpha value is -0.930. The van der Waals surface area contributed by atoms with Gasteiger partial charge in [0.25, 0.3) is 0 Å². The number of ether oxygens (including phenoxy) is 2. The summed E-state index contributed by atoms with van der Waals surface area (Å²) in [6.07, 6.45) is 0. The van der Waals surface area contributed by atoms with E-state index in [4.69, 9.17) is 32.7 Å². The van der Waals surface area contributed by atoms with Gasteiger partial charge in [0, 0.05) is 5.02 Å². The number of carbonyl (C=O) groups is 1. The number of halogens is 2. The summed E-state index contributed by atoms with van der Waals surface area (Å²) in [6, 6.07) is 2.98. The van der Waals surface area contributed by atoms with Gasteiger partial charge in [-0.3, -0.25) is 0 Å². The van der Waals surface area contributed by atoms with Crippen molar-refractivity contribution in [3.05, 3.63) is 27.7 Å². The van der Waals surface area contributed by atoms with Crippen LogP contribution in [0.1, 0.15) is 17.3 Å². The Kier molecular flexibility index (Phi) is 4.24. The van der Waals surface area contributed by atoms with Gasteiger partial charge < -0.3 is 9.47 Å². The van der Waals surface area contributed by atoms with Crippen LogP contribution in [-0.4, -0.2) is 19.7 Å². The highest BCUT2D eigenvalue weighted by molar-refractivity contribution is 6.37. The van der Waals surface area contributed by atoms with Crippen LogP contribution in [0, 0.1) is 0 Å². The zero-order valence-corrected chi connectivity index (χ0v) is 9.85. The minimum Gasteiger partial charge on any atom is -0.496 e. The summed E-state index contributed by atoms with van der Waals surface area (Å²) in [5.74, 6) is -0.207. The van der Waals surface area contributed by atoms with Gasteiger partial charge in [0.05, 0.1) is 18.7 Å². The summed E-state index contributed by atoms with van der Waals surface area (Å²) >= 11 is 11.6. The predicted molar refractivity (Wildman–Crippen MR) is 59.0 cm³/mol. The van der Waals surface area contributed by atoms with E-state index in [1.165, 1.54) is 19.2 Å². The summed E-state index contributed by atoms with van der Waals surface area (Å²) in [5.41, 5.74) is 0.199. The van der Waals surface area contributed by atoms with E-state index in [-0.39, 0.29) is 17.2 Å². The number of hydrogen-bond acceptors (Lipinski definition) is 3. The van der Waals surface area contributed by atoms with Gasteiger partial charge in [-0.1, -0.05) is 23.2 Å². The second kappa shape index (κ2) is 5.24. The Bertz CT molecular complexity index is 377. The molecule has 0 saturated carbocycles. The minimum atomic E-state index is -0.518. The predicted octanol–water partition coefficient (Wildman–Crippen LogP) is 3.18. The third-order valence-corrected chi connectivity index (χ3v) is 2.23. The molecule has 0 saturated heterocycles. The van der Waals surface area contributed by atoms with Crippen molar-refractivity contribution in [3.63, 3.8) is 0 Å². The van der Waals surface area contributed by atoms with Crippen LogP contribution in [0.25, 0.3) is 0 Å². The largest absolute Gasteiger partial charge is 0.496 e. The number of rotatable bonds is 3. The maximum atomic E-state index is 11.5. The maximum absolute atomic E-state index is 11.5. The van der Waals surface area contributed by atoms with E-state index >= 15 is 0 Å². The molecule has 15 heavy (non-hydrogen) atoms. The number of methoxy groups -OCH3 is 1. The Balaban J connectivity index is 3.20. The lowest BCUT2D eigenvalue weighted by molar-refractivity contribution is 0.0523. The van der Waals surface area contributed by atoms with E-state index < -0.39 is 5.97 Å². The van der Waals surface area contributed by atoms with Crippen molar-refractivity contribution in [3.8, 4) is 5.75 Å². The Labute approximate surface area is 97.9 Å². The first-order valence-corrected chi connectivity index (χ1v) is 5.05. The van der Waals surface area contributed by atoms with Gasteiger partial charge in [0.2, 0.25) is 0 Å². The van der Waals surface area contributed by atoms with Crippen LogP contribution < -0.4 is 4.74 Å². The third-order valence-electron chi connectivity index (χ3n) is 1.72. The average Bonchev–Trinajstić information content (AvgIpc) is 2.16. The number of hydrogen-bond donors (Lipinski definition) is 0. The van der Waals surface area contributed by atoms with Gasteiger partial charge >= 0.3 is 5.97 Å². The minimum absolute atomic E-state index is 0.199. The molecule has 0 heterocycles. The lowest BCUT2D eigenvalue weighted by Gasteiger charge is -2.09. The van der Waals surface area contributed by atoms with E-state index in [0.717, 1.165) is 0 Å². The fraction of sp³-hybridized carbons (Fsp3) is 0.300. The van der Waals surface area contributed by atoms with E-state index in [1.54, 1.807) is 6.92 Å². The topological polar surface area (TPSA) is 35.5 Å². The standard InChI is InChI=1S/C10H10Cl2O3/c1-3-15-10(13)9-7(12)4-6(11)5-8(9)14-2/h4-5H,3H2,1-2H3. The molecule has 0 spiro atoms. The molecule has 0 amide bonds. The molecule has 0 aliphatic carbocycles. The average molecular weight is 249 g/mol. The molecule has 0 aliphatic heterocycles. The van der Waals surface area contributed by atoms with Crippen molar-refractivity contribution in [1.82, 2.24) is 0 Å².